The number of phenolic OH excluding ortho intramolecular Hbond substituents is 2. The maximum Gasteiger partial charge on any atom is 0.151 e. The van der Waals surface area contributed by atoms with E-state index >= 15 is 0 Å². The molecule has 0 amide bonds. The van der Waals surface area contributed by atoms with Gasteiger partial charge in [0.25, 0.3) is 0 Å². The second-order valence-corrected chi connectivity index (χ2v) is 9.63. The predicted octanol–water partition coefficient (Wildman–Crippen LogP) is 5.17. The summed E-state index contributed by atoms with van der Waals surface area (Å²) in [5, 5.41) is 21.1. The van der Waals surface area contributed by atoms with Crippen molar-refractivity contribution in [3.05, 3.63) is 71.8 Å². The Morgan fingerprint density at radius 3 is 2.53 bits per heavy atom. The molecule has 6 nitrogen and oxygen atoms in total. The average Bonchev–Trinajstić information content (AvgIpc) is 3.23. The number of morpholine rings is 1. The van der Waals surface area contributed by atoms with Crippen molar-refractivity contribution in [1.29, 1.82) is 0 Å². The highest BCUT2D eigenvalue weighted by molar-refractivity contribution is 7.22. The Morgan fingerprint density at radius 2 is 1.71 bits per heavy atom. The van der Waals surface area contributed by atoms with Crippen molar-refractivity contribution < 1.29 is 24.4 Å². The van der Waals surface area contributed by atoms with Crippen LogP contribution in [0.3, 0.4) is 0 Å². The van der Waals surface area contributed by atoms with E-state index in [1.807, 2.05) is 36.4 Å². The van der Waals surface area contributed by atoms with Crippen LogP contribution >= 0.6 is 11.3 Å². The second-order valence-electron chi connectivity index (χ2n) is 8.58. The van der Waals surface area contributed by atoms with Crippen molar-refractivity contribution >= 4 is 21.4 Å². The Labute approximate surface area is 201 Å². The van der Waals surface area contributed by atoms with Gasteiger partial charge in [-0.15, -0.1) is 11.3 Å². The molecule has 34 heavy (non-hydrogen) atoms. The molecular formula is C27H25NO5S. The zero-order valence-electron chi connectivity index (χ0n) is 18.6. The fourth-order valence-electron chi connectivity index (χ4n) is 4.64. The lowest BCUT2D eigenvalue weighted by Gasteiger charge is -2.28. The summed E-state index contributed by atoms with van der Waals surface area (Å²) in [5.74, 6) is 1.89. The molecule has 1 atom stereocenters. The van der Waals surface area contributed by atoms with Crippen LogP contribution in [0.15, 0.2) is 60.7 Å². The smallest absolute Gasteiger partial charge is 0.151 e. The number of aromatic hydroxyl groups is 2. The van der Waals surface area contributed by atoms with Crippen molar-refractivity contribution in [1.82, 2.24) is 4.90 Å². The van der Waals surface area contributed by atoms with Gasteiger partial charge in [0.15, 0.2) is 6.10 Å². The summed E-state index contributed by atoms with van der Waals surface area (Å²) < 4.78 is 18.8. The Bertz CT molecular complexity index is 1330. The standard InChI is InChI=1S/C27H25NO5S/c29-18-3-7-21-23(15-18)33-26(25-22-8-4-19(30)16-24(22)34-27(21)25)17-1-5-20(6-2-17)32-14-11-28-9-12-31-13-10-28/h1-8,15-16,26,29-30H,9-14H2/t26-/m0/s1. The number of rotatable bonds is 5. The first kappa shape index (κ1) is 21.3. The topological polar surface area (TPSA) is 71.4 Å². The van der Waals surface area contributed by atoms with E-state index in [0.29, 0.717) is 12.4 Å². The summed E-state index contributed by atoms with van der Waals surface area (Å²) >= 11 is 1.63. The molecule has 4 aromatic rings. The van der Waals surface area contributed by atoms with Gasteiger partial charge >= 0.3 is 0 Å². The van der Waals surface area contributed by atoms with Gasteiger partial charge in [-0.25, -0.2) is 0 Å². The fourth-order valence-corrected chi connectivity index (χ4v) is 5.93. The third-order valence-electron chi connectivity index (χ3n) is 6.39. The summed E-state index contributed by atoms with van der Waals surface area (Å²) in [6.07, 6.45) is -0.329. The van der Waals surface area contributed by atoms with Crippen LogP contribution in [0, 0.1) is 0 Å². The quantitative estimate of drug-likeness (QED) is 0.415. The third-order valence-corrected chi connectivity index (χ3v) is 7.59. The van der Waals surface area contributed by atoms with E-state index in [4.69, 9.17) is 14.2 Å². The van der Waals surface area contributed by atoms with Crippen molar-refractivity contribution in [2.24, 2.45) is 0 Å². The summed E-state index contributed by atoms with van der Waals surface area (Å²) in [7, 11) is 0. The molecule has 0 saturated carbocycles. The molecule has 0 unspecified atom stereocenters. The van der Waals surface area contributed by atoms with Crippen LogP contribution in [-0.2, 0) is 4.74 Å². The Hall–Kier alpha value is -3.26. The molecule has 1 aromatic heterocycles. The minimum absolute atomic E-state index is 0.170. The van der Waals surface area contributed by atoms with Crippen molar-refractivity contribution in [2.45, 2.75) is 6.10 Å². The minimum atomic E-state index is -0.329. The third kappa shape index (κ3) is 3.96. The van der Waals surface area contributed by atoms with Gasteiger partial charge in [0, 0.05) is 51.8 Å². The Morgan fingerprint density at radius 1 is 0.941 bits per heavy atom. The van der Waals surface area contributed by atoms with Crippen LogP contribution in [-0.4, -0.2) is 54.6 Å². The zero-order valence-corrected chi connectivity index (χ0v) is 19.4. The maximum atomic E-state index is 10.0. The summed E-state index contributed by atoms with van der Waals surface area (Å²) in [6, 6.07) is 18.7. The lowest BCUT2D eigenvalue weighted by molar-refractivity contribution is 0.0322. The highest BCUT2D eigenvalue weighted by atomic mass is 32.1. The molecule has 0 aliphatic carbocycles. The molecule has 3 heterocycles. The van der Waals surface area contributed by atoms with Crippen LogP contribution in [0.4, 0.5) is 0 Å². The lowest BCUT2D eigenvalue weighted by Crippen LogP contribution is -2.38. The van der Waals surface area contributed by atoms with Crippen LogP contribution in [0.1, 0.15) is 17.2 Å². The highest BCUT2D eigenvalue weighted by Gasteiger charge is 2.31. The van der Waals surface area contributed by atoms with E-state index in [9.17, 15) is 10.2 Å². The van der Waals surface area contributed by atoms with E-state index < -0.39 is 0 Å². The summed E-state index contributed by atoms with van der Waals surface area (Å²) in [5.41, 5.74) is 3.04. The molecule has 0 radical (unpaired) electrons. The summed E-state index contributed by atoms with van der Waals surface area (Å²) in [6.45, 7) is 4.99. The fraction of sp³-hybridized carbons (Fsp3) is 0.259. The molecule has 2 aliphatic heterocycles. The number of nitrogens with zero attached hydrogens (tertiary/aromatic N) is 1. The van der Waals surface area contributed by atoms with Crippen LogP contribution in [0.2, 0.25) is 0 Å². The first-order chi connectivity index (χ1) is 16.7. The van der Waals surface area contributed by atoms with Crippen LogP contribution in [0.5, 0.6) is 23.0 Å². The molecule has 2 aliphatic rings. The van der Waals surface area contributed by atoms with Gasteiger partial charge in [0.2, 0.25) is 0 Å². The average molecular weight is 476 g/mol. The monoisotopic (exact) mass is 475 g/mol. The number of benzene rings is 3. The molecule has 174 valence electrons. The van der Waals surface area contributed by atoms with Gasteiger partial charge in [-0.05, 0) is 48.0 Å². The number of hydrogen-bond acceptors (Lipinski definition) is 7. The second kappa shape index (κ2) is 8.83. The number of hydrogen-bond donors (Lipinski definition) is 2. The molecule has 2 N–H and O–H groups in total. The first-order valence-corrected chi connectivity index (χ1v) is 12.3. The van der Waals surface area contributed by atoms with E-state index in [0.717, 1.165) is 70.3 Å². The number of ether oxygens (including phenoxy) is 3. The van der Waals surface area contributed by atoms with E-state index in [1.165, 1.54) is 0 Å². The molecule has 3 aromatic carbocycles. The largest absolute Gasteiger partial charge is 0.508 e. The molecule has 0 bridgehead atoms. The van der Waals surface area contributed by atoms with Gasteiger partial charge in [-0.2, -0.15) is 0 Å². The normalized spacial score (nSPS) is 17.7. The van der Waals surface area contributed by atoms with Gasteiger partial charge in [0.05, 0.1) is 13.2 Å². The molecule has 6 rings (SSSR count). The minimum Gasteiger partial charge on any atom is -0.508 e. The van der Waals surface area contributed by atoms with Gasteiger partial charge in [-0.1, -0.05) is 12.1 Å². The van der Waals surface area contributed by atoms with Crippen molar-refractivity contribution in [2.75, 3.05) is 39.5 Å². The van der Waals surface area contributed by atoms with Gasteiger partial charge < -0.3 is 24.4 Å². The predicted molar refractivity (Wildman–Crippen MR) is 132 cm³/mol. The van der Waals surface area contributed by atoms with Crippen LogP contribution in [0.25, 0.3) is 20.5 Å². The van der Waals surface area contributed by atoms with E-state index in [1.54, 1.807) is 35.6 Å². The molecule has 1 fully saturated rings. The number of phenols is 2. The summed E-state index contributed by atoms with van der Waals surface area (Å²) in [4.78, 5) is 3.44. The highest BCUT2D eigenvalue weighted by Crippen LogP contribution is 2.52. The maximum absolute atomic E-state index is 10.0. The Balaban J connectivity index is 1.29. The Kier molecular flexibility index (Phi) is 5.53. The van der Waals surface area contributed by atoms with Crippen molar-refractivity contribution in [3.63, 3.8) is 0 Å². The van der Waals surface area contributed by atoms with Gasteiger partial charge in [0.1, 0.15) is 29.6 Å². The lowest BCUT2D eigenvalue weighted by atomic mass is 9.93. The SMILES string of the molecule is Oc1ccc2c(c1)O[C@@H](c1ccc(OCCN3CCOCC3)cc1)c1c-2sc2cc(O)ccc12. The van der Waals surface area contributed by atoms with Gasteiger partial charge in [-0.3, -0.25) is 4.90 Å². The van der Waals surface area contributed by atoms with E-state index in [-0.39, 0.29) is 17.6 Å². The van der Waals surface area contributed by atoms with E-state index in [2.05, 4.69) is 4.90 Å². The number of fused-ring (bicyclic) bond motifs is 5. The molecule has 0 spiro atoms. The van der Waals surface area contributed by atoms with Crippen LogP contribution < -0.4 is 9.47 Å². The molecule has 1 saturated heterocycles. The molecule has 7 heteroatoms. The molecular weight excluding hydrogens is 450 g/mol. The van der Waals surface area contributed by atoms with Crippen molar-refractivity contribution in [3.8, 4) is 33.4 Å². The first-order valence-electron chi connectivity index (χ1n) is 11.4. The number of thiophene rings is 1. The zero-order chi connectivity index (χ0) is 23.1.